The van der Waals surface area contributed by atoms with E-state index in [-0.39, 0.29) is 29.6 Å². The van der Waals surface area contributed by atoms with Crippen LogP contribution >= 0.6 is 11.6 Å². The van der Waals surface area contributed by atoms with Crippen LogP contribution in [0.25, 0.3) is 0 Å². The van der Waals surface area contributed by atoms with Gasteiger partial charge in [-0.25, -0.2) is 0 Å². The summed E-state index contributed by atoms with van der Waals surface area (Å²) in [5.41, 5.74) is 0.358. The van der Waals surface area contributed by atoms with Gasteiger partial charge in [0.25, 0.3) is 5.91 Å². The van der Waals surface area contributed by atoms with Gasteiger partial charge >= 0.3 is 0 Å². The molecule has 0 unspecified atom stereocenters. The van der Waals surface area contributed by atoms with Crippen LogP contribution in [0.1, 0.15) is 49.9 Å². The van der Waals surface area contributed by atoms with Crippen molar-refractivity contribution in [1.29, 1.82) is 0 Å². The summed E-state index contributed by atoms with van der Waals surface area (Å²) in [4.78, 5) is 39.9. The molecule has 1 saturated carbocycles. The fraction of sp³-hybridized carbons (Fsp3) is 0.591. The van der Waals surface area contributed by atoms with Crippen LogP contribution < -0.4 is 10.6 Å². The number of rotatable bonds is 7. The van der Waals surface area contributed by atoms with E-state index in [1.807, 2.05) is 18.7 Å². The standard InChI is InChI=1S/C22H30ClN3O3/c1-14(2)13-24-21(28)19(25-20(27)17-5-3-4-6-18(17)23)15-9-11-26(12-10-15)22(29)16-7-8-16/h3-6,14-16,19H,7-13H2,1-2H3,(H,24,28)(H,25,27)/t19-/m0/s1. The summed E-state index contributed by atoms with van der Waals surface area (Å²) in [6, 6.07) is 6.18. The molecule has 3 rings (SSSR count). The lowest BCUT2D eigenvalue weighted by Crippen LogP contribution is -2.54. The number of piperidine rings is 1. The Morgan fingerprint density at radius 2 is 1.76 bits per heavy atom. The molecule has 158 valence electrons. The van der Waals surface area contributed by atoms with Crippen LogP contribution in [-0.2, 0) is 9.59 Å². The summed E-state index contributed by atoms with van der Waals surface area (Å²) < 4.78 is 0. The van der Waals surface area contributed by atoms with Gasteiger partial charge in [0.2, 0.25) is 11.8 Å². The Bertz CT molecular complexity index is 755. The molecule has 7 heteroatoms. The van der Waals surface area contributed by atoms with E-state index >= 15 is 0 Å². The van der Waals surface area contributed by atoms with E-state index in [0.717, 1.165) is 12.8 Å². The predicted octanol–water partition coefficient (Wildman–Crippen LogP) is 2.86. The van der Waals surface area contributed by atoms with Crippen LogP contribution in [0.2, 0.25) is 5.02 Å². The van der Waals surface area contributed by atoms with Crippen LogP contribution in [0.4, 0.5) is 0 Å². The van der Waals surface area contributed by atoms with Crippen molar-refractivity contribution < 1.29 is 14.4 Å². The summed E-state index contributed by atoms with van der Waals surface area (Å²) in [6.07, 6.45) is 3.38. The van der Waals surface area contributed by atoms with Crippen LogP contribution in [-0.4, -0.2) is 48.3 Å². The van der Waals surface area contributed by atoms with Gasteiger partial charge < -0.3 is 15.5 Å². The first-order valence-corrected chi connectivity index (χ1v) is 10.9. The van der Waals surface area contributed by atoms with Gasteiger partial charge in [0.1, 0.15) is 6.04 Å². The maximum atomic E-state index is 12.9. The minimum absolute atomic E-state index is 0.0168. The maximum Gasteiger partial charge on any atom is 0.253 e. The number of benzene rings is 1. The van der Waals surface area contributed by atoms with E-state index in [9.17, 15) is 14.4 Å². The zero-order valence-electron chi connectivity index (χ0n) is 17.1. The summed E-state index contributed by atoms with van der Waals surface area (Å²) in [5.74, 6) is 0.220. The van der Waals surface area contributed by atoms with Gasteiger partial charge in [0, 0.05) is 25.6 Å². The monoisotopic (exact) mass is 419 g/mol. The average Bonchev–Trinajstić information content (AvgIpc) is 3.55. The SMILES string of the molecule is CC(C)CNC(=O)[C@@H](NC(=O)c1ccccc1Cl)C1CCN(C(=O)C2CC2)CC1. The van der Waals surface area contributed by atoms with E-state index < -0.39 is 6.04 Å². The largest absolute Gasteiger partial charge is 0.354 e. The molecule has 1 aromatic rings. The number of amides is 3. The third kappa shape index (κ3) is 5.72. The number of nitrogens with zero attached hydrogens (tertiary/aromatic N) is 1. The van der Waals surface area contributed by atoms with E-state index in [1.54, 1.807) is 24.3 Å². The Morgan fingerprint density at radius 3 is 2.34 bits per heavy atom. The van der Waals surface area contributed by atoms with Gasteiger partial charge in [-0.05, 0) is 49.7 Å². The van der Waals surface area contributed by atoms with Crippen molar-refractivity contribution in [2.45, 2.75) is 45.6 Å². The summed E-state index contributed by atoms with van der Waals surface area (Å²) >= 11 is 6.15. The Hall–Kier alpha value is -2.08. The molecule has 1 aromatic carbocycles. The van der Waals surface area contributed by atoms with Crippen molar-refractivity contribution in [2.75, 3.05) is 19.6 Å². The van der Waals surface area contributed by atoms with Crippen molar-refractivity contribution in [3.8, 4) is 0 Å². The van der Waals surface area contributed by atoms with E-state index in [0.29, 0.717) is 49.0 Å². The van der Waals surface area contributed by atoms with Gasteiger partial charge in [-0.2, -0.15) is 0 Å². The number of hydrogen-bond acceptors (Lipinski definition) is 3. The Balaban J connectivity index is 1.67. The lowest BCUT2D eigenvalue weighted by Gasteiger charge is -2.36. The molecule has 1 heterocycles. The van der Waals surface area contributed by atoms with Gasteiger partial charge in [-0.1, -0.05) is 37.6 Å². The molecule has 2 N–H and O–H groups in total. The summed E-state index contributed by atoms with van der Waals surface area (Å²) in [7, 11) is 0. The molecule has 0 spiro atoms. The fourth-order valence-corrected chi connectivity index (χ4v) is 3.94. The molecule has 1 aliphatic carbocycles. The highest BCUT2D eigenvalue weighted by Crippen LogP contribution is 2.33. The second-order valence-corrected chi connectivity index (χ2v) is 8.91. The second-order valence-electron chi connectivity index (χ2n) is 8.51. The Labute approximate surface area is 177 Å². The predicted molar refractivity (Wildman–Crippen MR) is 113 cm³/mol. The molecular formula is C22H30ClN3O3. The lowest BCUT2D eigenvalue weighted by molar-refractivity contribution is -0.134. The zero-order chi connectivity index (χ0) is 21.0. The van der Waals surface area contributed by atoms with Gasteiger partial charge in [0.15, 0.2) is 0 Å². The topological polar surface area (TPSA) is 78.5 Å². The van der Waals surface area contributed by atoms with Crippen LogP contribution in [0.3, 0.4) is 0 Å². The highest BCUT2D eigenvalue weighted by molar-refractivity contribution is 6.33. The highest BCUT2D eigenvalue weighted by Gasteiger charge is 2.38. The van der Waals surface area contributed by atoms with E-state index in [2.05, 4.69) is 10.6 Å². The number of likely N-dealkylation sites (tertiary alicyclic amines) is 1. The summed E-state index contributed by atoms with van der Waals surface area (Å²) in [6.45, 7) is 5.88. The molecule has 3 amide bonds. The maximum absolute atomic E-state index is 12.9. The van der Waals surface area contributed by atoms with Crippen molar-refractivity contribution in [3.05, 3.63) is 34.9 Å². The molecule has 0 bridgehead atoms. The molecule has 6 nitrogen and oxygen atoms in total. The molecule has 0 radical (unpaired) electrons. The minimum atomic E-state index is -0.643. The molecule has 2 fully saturated rings. The van der Waals surface area contributed by atoms with Crippen molar-refractivity contribution in [3.63, 3.8) is 0 Å². The van der Waals surface area contributed by atoms with E-state index in [1.165, 1.54) is 0 Å². The van der Waals surface area contributed by atoms with Crippen molar-refractivity contribution in [2.24, 2.45) is 17.8 Å². The Kier molecular flexibility index (Phi) is 7.17. The fourth-order valence-electron chi connectivity index (χ4n) is 3.72. The third-order valence-electron chi connectivity index (χ3n) is 5.62. The number of nitrogens with one attached hydrogen (secondary N) is 2. The molecule has 1 atom stereocenters. The molecular weight excluding hydrogens is 390 g/mol. The van der Waals surface area contributed by atoms with Gasteiger partial charge in [0.05, 0.1) is 10.6 Å². The number of carbonyl (C=O) groups is 3. The van der Waals surface area contributed by atoms with Crippen LogP contribution in [0, 0.1) is 17.8 Å². The van der Waals surface area contributed by atoms with Crippen LogP contribution in [0.5, 0.6) is 0 Å². The van der Waals surface area contributed by atoms with Crippen molar-refractivity contribution >= 4 is 29.3 Å². The smallest absolute Gasteiger partial charge is 0.253 e. The number of hydrogen-bond donors (Lipinski definition) is 2. The zero-order valence-corrected chi connectivity index (χ0v) is 17.9. The normalized spacial score (nSPS) is 18.4. The quantitative estimate of drug-likeness (QED) is 0.713. The third-order valence-corrected chi connectivity index (χ3v) is 5.95. The Morgan fingerprint density at radius 1 is 1.10 bits per heavy atom. The summed E-state index contributed by atoms with van der Waals surface area (Å²) in [5, 5.41) is 6.21. The second kappa shape index (κ2) is 9.61. The average molecular weight is 420 g/mol. The first-order chi connectivity index (χ1) is 13.9. The lowest BCUT2D eigenvalue weighted by atomic mass is 9.88. The van der Waals surface area contributed by atoms with Crippen LogP contribution in [0.15, 0.2) is 24.3 Å². The first kappa shape index (κ1) is 21.6. The molecule has 29 heavy (non-hydrogen) atoms. The molecule has 0 aromatic heterocycles. The minimum Gasteiger partial charge on any atom is -0.354 e. The van der Waals surface area contributed by atoms with Gasteiger partial charge in [-0.3, -0.25) is 14.4 Å². The first-order valence-electron chi connectivity index (χ1n) is 10.5. The number of carbonyl (C=O) groups excluding carboxylic acids is 3. The number of halogens is 1. The molecule has 1 saturated heterocycles. The van der Waals surface area contributed by atoms with Gasteiger partial charge in [-0.15, -0.1) is 0 Å². The molecule has 2 aliphatic rings. The van der Waals surface area contributed by atoms with Crippen molar-refractivity contribution in [1.82, 2.24) is 15.5 Å². The molecule has 1 aliphatic heterocycles. The van der Waals surface area contributed by atoms with E-state index in [4.69, 9.17) is 11.6 Å². The highest BCUT2D eigenvalue weighted by atomic mass is 35.5.